The number of carbonyl (C=O) groups is 2. The van der Waals surface area contributed by atoms with Crippen molar-refractivity contribution < 1.29 is 22.7 Å². The molecule has 0 aliphatic carbocycles. The summed E-state index contributed by atoms with van der Waals surface area (Å²) in [6.07, 6.45) is 0.744. The van der Waals surface area contributed by atoms with Gasteiger partial charge in [-0.15, -0.1) is 0 Å². The molecule has 0 radical (unpaired) electrons. The van der Waals surface area contributed by atoms with Gasteiger partial charge in [0.1, 0.15) is 10.1 Å². The van der Waals surface area contributed by atoms with Gasteiger partial charge in [0, 0.05) is 80.8 Å². The van der Waals surface area contributed by atoms with Crippen LogP contribution in [0.5, 0.6) is 0 Å². The van der Waals surface area contributed by atoms with E-state index in [4.69, 9.17) is 16.3 Å². The second-order valence-electron chi connectivity index (χ2n) is 10.7. The number of H-pyrrole nitrogens is 1. The minimum Gasteiger partial charge on any atom is -0.378 e. The lowest BCUT2D eigenvalue weighted by molar-refractivity contribution is -0.136. The van der Waals surface area contributed by atoms with Crippen LogP contribution in [0.3, 0.4) is 0 Å². The number of hydrogen-bond donors (Lipinski definition) is 2. The normalized spacial score (nSPS) is 24.2. The molecule has 1 aromatic carbocycles. The number of urea groups is 1. The van der Waals surface area contributed by atoms with Crippen LogP contribution >= 0.6 is 23.4 Å². The van der Waals surface area contributed by atoms with Gasteiger partial charge >= 0.3 is 6.03 Å². The van der Waals surface area contributed by atoms with Crippen LogP contribution in [0, 0.1) is 0 Å². The topological polar surface area (TPSA) is 122 Å². The highest BCUT2D eigenvalue weighted by Crippen LogP contribution is 2.39. The zero-order valence-corrected chi connectivity index (χ0v) is 25.4. The number of halogens is 1. The number of hydrazine groups is 1. The van der Waals surface area contributed by atoms with Crippen LogP contribution in [-0.2, 0) is 19.6 Å². The molecule has 5 heterocycles. The Morgan fingerprint density at radius 2 is 1.90 bits per heavy atom. The molecule has 0 spiro atoms. The predicted octanol–water partition coefficient (Wildman–Crippen LogP) is 2.27. The van der Waals surface area contributed by atoms with Crippen molar-refractivity contribution in [1.29, 1.82) is 0 Å². The fraction of sp³-hybridized carbons (Fsp3) is 0.538. The zero-order valence-electron chi connectivity index (χ0n) is 23.0. The summed E-state index contributed by atoms with van der Waals surface area (Å²) in [6, 6.07) is 5.84. The molecule has 222 valence electrons. The van der Waals surface area contributed by atoms with E-state index in [0.717, 1.165) is 11.4 Å². The number of rotatable bonds is 4. The molecule has 0 saturated carbocycles. The summed E-state index contributed by atoms with van der Waals surface area (Å²) in [5.41, 5.74) is 5.12. The number of nitrogens with zero attached hydrogens (tertiary/aromatic N) is 5. The first kappa shape index (κ1) is 28.5. The van der Waals surface area contributed by atoms with E-state index in [1.807, 2.05) is 7.05 Å². The minimum atomic E-state index is -3.92. The molecule has 6 rings (SSSR count). The zero-order chi connectivity index (χ0) is 28.9. The van der Waals surface area contributed by atoms with Gasteiger partial charge < -0.3 is 24.4 Å². The summed E-state index contributed by atoms with van der Waals surface area (Å²) in [6.45, 7) is 4.77. The first-order chi connectivity index (χ1) is 19.6. The van der Waals surface area contributed by atoms with E-state index in [-0.39, 0.29) is 48.4 Å². The highest BCUT2D eigenvalue weighted by Gasteiger charge is 2.41. The molecule has 1 aromatic heterocycles. The van der Waals surface area contributed by atoms with E-state index in [0.29, 0.717) is 48.8 Å². The molecule has 15 heteroatoms. The first-order valence-corrected chi connectivity index (χ1v) is 16.4. The molecule has 2 N–H and O–H groups in total. The quantitative estimate of drug-likeness (QED) is 0.532. The van der Waals surface area contributed by atoms with E-state index < -0.39 is 16.1 Å². The number of fused-ring (bicyclic) bond motifs is 1. The van der Waals surface area contributed by atoms with Gasteiger partial charge in [0.2, 0.25) is 5.91 Å². The molecule has 0 bridgehead atoms. The maximum atomic E-state index is 13.9. The van der Waals surface area contributed by atoms with Crippen molar-refractivity contribution in [1.82, 2.24) is 34.4 Å². The Bertz CT molecular complexity index is 1490. The number of hydrogen-bond acceptors (Lipinski definition) is 8. The standard InChI is InChI=1S/C26H34ClN7O5S2/c1-17-30(2)22-5-6-34(29-25(22)40-17)26(36)33-8-7-32(16-20(33)15-24(35)31-9-11-39-12-10-31)41(37,38)23-14-18-13-19(27)3-4-21(18)28-23/h3-4,13-14,17,20,28-29H,5-12,15-16H2,1-2H3. The third-order valence-corrected chi connectivity index (χ3v) is 11.4. The molecule has 41 heavy (non-hydrogen) atoms. The Labute approximate surface area is 248 Å². The van der Waals surface area contributed by atoms with Crippen LogP contribution < -0.4 is 5.43 Å². The van der Waals surface area contributed by atoms with Crippen LogP contribution in [0.4, 0.5) is 4.79 Å². The molecule has 2 saturated heterocycles. The lowest BCUT2D eigenvalue weighted by Gasteiger charge is -2.43. The predicted molar refractivity (Wildman–Crippen MR) is 156 cm³/mol. The average Bonchev–Trinajstić information content (AvgIpc) is 3.53. The minimum absolute atomic E-state index is 0.0105. The first-order valence-electron chi connectivity index (χ1n) is 13.7. The Hall–Kier alpha value is -2.65. The van der Waals surface area contributed by atoms with Crippen LogP contribution in [0.25, 0.3) is 10.9 Å². The Kier molecular flexibility index (Phi) is 7.78. The summed E-state index contributed by atoms with van der Waals surface area (Å²) in [5.74, 6) is -0.117. The van der Waals surface area contributed by atoms with Crippen molar-refractivity contribution in [3.63, 3.8) is 0 Å². The molecule has 2 aromatic rings. The smallest absolute Gasteiger partial charge is 0.339 e. The molecule has 4 aliphatic heterocycles. The van der Waals surface area contributed by atoms with Crippen molar-refractivity contribution in [3.05, 3.63) is 40.0 Å². The van der Waals surface area contributed by atoms with Crippen molar-refractivity contribution in [2.24, 2.45) is 0 Å². The lowest BCUT2D eigenvalue weighted by Crippen LogP contribution is -2.62. The second kappa shape index (κ2) is 11.2. The number of amides is 3. The van der Waals surface area contributed by atoms with Crippen LogP contribution in [0.2, 0.25) is 5.02 Å². The van der Waals surface area contributed by atoms with Crippen LogP contribution in [0.15, 0.2) is 40.0 Å². The van der Waals surface area contributed by atoms with Gasteiger partial charge in [0.05, 0.1) is 24.6 Å². The number of ether oxygens (including phenoxy) is 1. The summed E-state index contributed by atoms with van der Waals surface area (Å²) >= 11 is 7.78. The van der Waals surface area contributed by atoms with Crippen molar-refractivity contribution in [2.45, 2.75) is 36.2 Å². The van der Waals surface area contributed by atoms with Gasteiger partial charge in [-0.05, 0) is 31.2 Å². The average molecular weight is 624 g/mol. The van der Waals surface area contributed by atoms with Gasteiger partial charge in [0.25, 0.3) is 10.0 Å². The molecule has 4 aliphatic rings. The van der Waals surface area contributed by atoms with Gasteiger partial charge in [-0.2, -0.15) is 4.31 Å². The maximum Gasteiger partial charge on any atom is 0.339 e. The molecule has 2 atom stereocenters. The highest BCUT2D eigenvalue weighted by molar-refractivity contribution is 8.03. The lowest BCUT2D eigenvalue weighted by atomic mass is 10.1. The summed E-state index contributed by atoms with van der Waals surface area (Å²) in [4.78, 5) is 35.8. The maximum absolute atomic E-state index is 13.9. The molecule has 2 unspecified atom stereocenters. The summed E-state index contributed by atoms with van der Waals surface area (Å²) in [5, 5.41) is 4.09. The summed E-state index contributed by atoms with van der Waals surface area (Å²) < 4.78 is 34.3. The van der Waals surface area contributed by atoms with Crippen LogP contribution in [-0.4, -0.2) is 120 Å². The van der Waals surface area contributed by atoms with Crippen molar-refractivity contribution in [2.75, 3.05) is 59.5 Å². The van der Waals surface area contributed by atoms with Crippen molar-refractivity contribution >= 4 is 56.2 Å². The number of piperazine rings is 1. The third-order valence-electron chi connectivity index (χ3n) is 8.20. The van der Waals surface area contributed by atoms with Gasteiger partial charge in [-0.1, -0.05) is 23.4 Å². The Morgan fingerprint density at radius 1 is 1.12 bits per heavy atom. The largest absolute Gasteiger partial charge is 0.378 e. The Balaban J connectivity index is 1.23. The number of carbonyl (C=O) groups excluding carboxylic acids is 2. The second-order valence-corrected chi connectivity index (χ2v) is 14.3. The number of benzene rings is 1. The van der Waals surface area contributed by atoms with E-state index in [1.165, 1.54) is 10.0 Å². The van der Waals surface area contributed by atoms with E-state index >= 15 is 0 Å². The Morgan fingerprint density at radius 3 is 2.68 bits per heavy atom. The highest BCUT2D eigenvalue weighted by atomic mass is 35.5. The number of nitrogens with one attached hydrogen (secondary N) is 2. The van der Waals surface area contributed by atoms with Gasteiger partial charge in [-0.3, -0.25) is 10.2 Å². The van der Waals surface area contributed by atoms with Gasteiger partial charge in [-0.25, -0.2) is 18.2 Å². The molecule has 2 fully saturated rings. The summed E-state index contributed by atoms with van der Waals surface area (Å²) in [7, 11) is -1.87. The monoisotopic (exact) mass is 623 g/mol. The fourth-order valence-corrected chi connectivity index (χ4v) is 8.58. The van der Waals surface area contributed by atoms with E-state index in [2.05, 4.69) is 22.2 Å². The molecular weight excluding hydrogens is 590 g/mol. The number of aromatic amines is 1. The van der Waals surface area contributed by atoms with E-state index in [1.54, 1.807) is 50.8 Å². The fourth-order valence-electron chi connectivity index (χ4n) is 5.74. The SMILES string of the molecule is CC1SC2=C(CCN(C(=O)N3CCN(S(=O)(=O)c4cc5cc(Cl)ccc5[nH]4)CC3CC(=O)N3CCOCC3)N2)N1C. The van der Waals surface area contributed by atoms with Gasteiger partial charge in [0.15, 0.2) is 0 Å². The molecule has 12 nitrogen and oxygen atoms in total. The third kappa shape index (κ3) is 5.47. The van der Waals surface area contributed by atoms with E-state index in [9.17, 15) is 18.0 Å². The number of thioether (sulfide) groups is 1. The number of morpholine rings is 1. The van der Waals surface area contributed by atoms with Crippen LogP contribution in [0.1, 0.15) is 19.8 Å². The number of sulfonamides is 1. The number of aromatic nitrogens is 1. The molecule has 3 amide bonds. The van der Waals surface area contributed by atoms with Crippen molar-refractivity contribution in [3.8, 4) is 0 Å². The molecular formula is C26H34ClN7O5S2.